The van der Waals surface area contributed by atoms with Gasteiger partial charge in [-0.3, -0.25) is 9.59 Å². The minimum absolute atomic E-state index is 0.00510. The van der Waals surface area contributed by atoms with E-state index in [-0.39, 0.29) is 29.5 Å². The SMILES string of the molecule is CC(=NN=C1NC(=O)[C@@H](CC(=O)Nc2ccc(F)cc2)S1)C(C)(C)C. The second-order valence-corrected chi connectivity index (χ2v) is 7.89. The fraction of sp³-hybridized carbons (Fsp3) is 0.412. The Labute approximate surface area is 150 Å². The smallest absolute Gasteiger partial charge is 0.240 e. The number of thioether (sulfide) groups is 1. The van der Waals surface area contributed by atoms with E-state index >= 15 is 0 Å². The van der Waals surface area contributed by atoms with Crippen molar-refractivity contribution in [3.05, 3.63) is 30.1 Å². The van der Waals surface area contributed by atoms with E-state index < -0.39 is 5.25 Å². The Morgan fingerprint density at radius 1 is 1.32 bits per heavy atom. The van der Waals surface area contributed by atoms with Crippen LogP contribution in [0, 0.1) is 11.2 Å². The quantitative estimate of drug-likeness (QED) is 0.636. The van der Waals surface area contributed by atoms with E-state index in [1.807, 2.05) is 27.7 Å². The third kappa shape index (κ3) is 5.67. The van der Waals surface area contributed by atoms with Crippen LogP contribution in [0.4, 0.5) is 10.1 Å². The fourth-order valence-corrected chi connectivity index (χ4v) is 2.69. The number of halogens is 1. The van der Waals surface area contributed by atoms with Gasteiger partial charge in [0.2, 0.25) is 11.8 Å². The maximum Gasteiger partial charge on any atom is 0.240 e. The topological polar surface area (TPSA) is 82.9 Å². The Balaban J connectivity index is 1.94. The van der Waals surface area contributed by atoms with Crippen molar-refractivity contribution in [2.24, 2.45) is 15.6 Å². The molecule has 2 N–H and O–H groups in total. The van der Waals surface area contributed by atoms with Gasteiger partial charge in [-0.2, -0.15) is 5.10 Å². The molecule has 2 rings (SSSR count). The highest BCUT2D eigenvalue weighted by atomic mass is 32.2. The van der Waals surface area contributed by atoms with Crippen LogP contribution in [0.1, 0.15) is 34.1 Å². The molecule has 134 valence electrons. The summed E-state index contributed by atoms with van der Waals surface area (Å²) >= 11 is 1.17. The highest BCUT2D eigenvalue weighted by Crippen LogP contribution is 2.24. The Hall–Kier alpha value is -2.22. The molecule has 1 atom stereocenters. The van der Waals surface area contributed by atoms with Gasteiger partial charge in [-0.1, -0.05) is 32.5 Å². The van der Waals surface area contributed by atoms with Crippen molar-refractivity contribution in [3.63, 3.8) is 0 Å². The zero-order valence-electron chi connectivity index (χ0n) is 14.6. The van der Waals surface area contributed by atoms with Gasteiger partial charge in [0, 0.05) is 23.2 Å². The monoisotopic (exact) mass is 364 g/mol. The average Bonchev–Trinajstić information content (AvgIpc) is 2.86. The van der Waals surface area contributed by atoms with E-state index in [2.05, 4.69) is 20.8 Å². The predicted octanol–water partition coefficient (Wildman–Crippen LogP) is 3.16. The normalized spacial score (nSPS) is 19.9. The second kappa shape index (κ2) is 7.77. The Morgan fingerprint density at radius 3 is 2.56 bits per heavy atom. The van der Waals surface area contributed by atoms with Crippen molar-refractivity contribution < 1.29 is 14.0 Å². The minimum atomic E-state index is -0.565. The van der Waals surface area contributed by atoms with E-state index in [1.165, 1.54) is 36.0 Å². The highest BCUT2D eigenvalue weighted by Gasteiger charge is 2.32. The van der Waals surface area contributed by atoms with E-state index in [0.717, 1.165) is 5.71 Å². The van der Waals surface area contributed by atoms with E-state index in [9.17, 15) is 14.0 Å². The molecule has 8 heteroatoms. The van der Waals surface area contributed by atoms with Crippen molar-refractivity contribution in [2.45, 2.75) is 39.4 Å². The van der Waals surface area contributed by atoms with Crippen molar-refractivity contribution in [1.29, 1.82) is 0 Å². The number of carbonyl (C=O) groups is 2. The number of amidine groups is 1. The van der Waals surface area contributed by atoms with Crippen LogP contribution in [-0.4, -0.2) is 27.9 Å². The second-order valence-electron chi connectivity index (χ2n) is 6.70. The molecule has 25 heavy (non-hydrogen) atoms. The molecular formula is C17H21FN4O2S. The number of benzene rings is 1. The summed E-state index contributed by atoms with van der Waals surface area (Å²) < 4.78 is 12.9. The van der Waals surface area contributed by atoms with Crippen LogP contribution in [0.2, 0.25) is 0 Å². The first-order chi connectivity index (χ1) is 11.6. The molecule has 1 aliphatic rings. The predicted molar refractivity (Wildman–Crippen MR) is 99.2 cm³/mol. The van der Waals surface area contributed by atoms with Crippen molar-refractivity contribution in [3.8, 4) is 0 Å². The highest BCUT2D eigenvalue weighted by molar-refractivity contribution is 8.15. The lowest BCUT2D eigenvalue weighted by Crippen LogP contribution is -2.28. The molecule has 0 saturated carbocycles. The number of carbonyl (C=O) groups excluding carboxylic acids is 2. The molecule has 6 nitrogen and oxygen atoms in total. The summed E-state index contributed by atoms with van der Waals surface area (Å²) in [5.41, 5.74) is 1.22. The van der Waals surface area contributed by atoms with Crippen LogP contribution < -0.4 is 10.6 Å². The van der Waals surface area contributed by atoms with Gasteiger partial charge < -0.3 is 10.6 Å². The number of hydrogen-bond donors (Lipinski definition) is 2. The molecule has 1 aliphatic heterocycles. The summed E-state index contributed by atoms with van der Waals surface area (Å²) in [5.74, 6) is -0.979. The fourth-order valence-electron chi connectivity index (χ4n) is 1.77. The molecule has 0 aliphatic carbocycles. The summed E-state index contributed by atoms with van der Waals surface area (Å²) in [7, 11) is 0. The summed E-state index contributed by atoms with van der Waals surface area (Å²) in [6.45, 7) is 7.94. The third-order valence-electron chi connectivity index (χ3n) is 3.65. The molecular weight excluding hydrogens is 343 g/mol. The average molecular weight is 364 g/mol. The third-order valence-corrected chi connectivity index (χ3v) is 4.72. The molecule has 0 unspecified atom stereocenters. The van der Waals surface area contributed by atoms with Crippen molar-refractivity contribution in [2.75, 3.05) is 5.32 Å². The maximum absolute atomic E-state index is 12.9. The molecule has 0 aromatic heterocycles. The number of nitrogens with zero attached hydrogens (tertiary/aromatic N) is 2. The number of nitrogens with one attached hydrogen (secondary N) is 2. The van der Waals surface area contributed by atoms with Crippen LogP contribution in [0.5, 0.6) is 0 Å². The van der Waals surface area contributed by atoms with Gasteiger partial charge in [-0.05, 0) is 31.2 Å². The lowest BCUT2D eigenvalue weighted by molar-refractivity contribution is -0.122. The Bertz CT molecular complexity index is 723. The molecule has 0 radical (unpaired) electrons. The van der Waals surface area contributed by atoms with E-state index in [1.54, 1.807) is 0 Å². The molecule has 1 saturated heterocycles. The van der Waals surface area contributed by atoms with E-state index in [4.69, 9.17) is 0 Å². The van der Waals surface area contributed by atoms with Gasteiger partial charge in [0.05, 0.1) is 0 Å². The minimum Gasteiger partial charge on any atom is -0.326 e. The van der Waals surface area contributed by atoms with Gasteiger partial charge >= 0.3 is 0 Å². The lowest BCUT2D eigenvalue weighted by Gasteiger charge is -2.16. The summed E-state index contributed by atoms with van der Waals surface area (Å²) in [4.78, 5) is 24.0. The van der Waals surface area contributed by atoms with Crippen molar-refractivity contribution >= 4 is 40.1 Å². The molecule has 1 fully saturated rings. The summed E-state index contributed by atoms with van der Waals surface area (Å²) in [6.07, 6.45) is -0.00510. The number of amides is 2. The lowest BCUT2D eigenvalue weighted by atomic mass is 9.91. The molecule has 2 amide bonds. The van der Waals surface area contributed by atoms with Crippen LogP contribution in [0.15, 0.2) is 34.5 Å². The van der Waals surface area contributed by atoms with E-state index in [0.29, 0.717) is 10.9 Å². The molecule has 0 spiro atoms. The standard InChI is InChI=1S/C17H21FN4O2S/c1-10(17(2,3)4)21-22-16-20-15(24)13(25-16)9-14(23)19-12-7-5-11(18)6-8-12/h5-8,13H,9H2,1-4H3,(H,19,23)(H,20,22,24)/t13-/m1/s1. The first-order valence-electron chi connectivity index (χ1n) is 7.81. The van der Waals surface area contributed by atoms with Crippen LogP contribution >= 0.6 is 11.8 Å². The Kier molecular flexibility index (Phi) is 5.94. The molecule has 1 aromatic rings. The van der Waals surface area contributed by atoms with Crippen molar-refractivity contribution in [1.82, 2.24) is 5.32 Å². The number of hydrogen-bond acceptors (Lipinski definition) is 5. The largest absolute Gasteiger partial charge is 0.326 e. The van der Waals surface area contributed by atoms with Gasteiger partial charge in [0.15, 0.2) is 5.17 Å². The van der Waals surface area contributed by atoms with Gasteiger partial charge in [-0.15, -0.1) is 5.10 Å². The number of rotatable bonds is 4. The number of anilines is 1. The van der Waals surface area contributed by atoms with Crippen LogP contribution in [0.25, 0.3) is 0 Å². The maximum atomic E-state index is 12.9. The first-order valence-corrected chi connectivity index (χ1v) is 8.69. The van der Waals surface area contributed by atoms with Gasteiger partial charge in [0.1, 0.15) is 11.1 Å². The van der Waals surface area contributed by atoms with Gasteiger partial charge in [-0.25, -0.2) is 4.39 Å². The molecule has 0 bridgehead atoms. The summed E-state index contributed by atoms with van der Waals surface area (Å²) in [6, 6.07) is 5.44. The zero-order valence-corrected chi connectivity index (χ0v) is 15.4. The molecule has 1 heterocycles. The zero-order chi connectivity index (χ0) is 18.6. The van der Waals surface area contributed by atoms with Crippen LogP contribution in [0.3, 0.4) is 0 Å². The first kappa shape index (κ1) is 19.1. The summed E-state index contributed by atoms with van der Waals surface area (Å²) in [5, 5.41) is 13.3. The van der Waals surface area contributed by atoms with Crippen LogP contribution in [-0.2, 0) is 9.59 Å². The molecule has 1 aromatic carbocycles. The Morgan fingerprint density at radius 2 is 1.96 bits per heavy atom. The van der Waals surface area contributed by atoms with Gasteiger partial charge in [0.25, 0.3) is 0 Å².